The van der Waals surface area contributed by atoms with Gasteiger partial charge in [-0.15, -0.1) is 0 Å². The van der Waals surface area contributed by atoms with Crippen molar-refractivity contribution in [3.63, 3.8) is 0 Å². The van der Waals surface area contributed by atoms with Crippen molar-refractivity contribution < 1.29 is 4.74 Å². The highest BCUT2D eigenvalue weighted by molar-refractivity contribution is 6.33. The van der Waals surface area contributed by atoms with Gasteiger partial charge in [0.15, 0.2) is 0 Å². The molecule has 1 aromatic rings. The lowest BCUT2D eigenvalue weighted by Crippen LogP contribution is -2.20. The Kier molecular flexibility index (Phi) is 2.94. The Hall–Kier alpha value is -0.730. The molecule has 1 aromatic carbocycles. The van der Waals surface area contributed by atoms with Crippen LogP contribution in [0.5, 0.6) is 0 Å². The number of benzene rings is 1. The van der Waals surface area contributed by atoms with Gasteiger partial charge >= 0.3 is 0 Å². The third-order valence-corrected chi connectivity index (χ3v) is 2.96. The molecule has 1 aliphatic rings. The van der Waals surface area contributed by atoms with Gasteiger partial charge in [-0.3, -0.25) is 0 Å². The zero-order valence-corrected chi connectivity index (χ0v) is 8.97. The van der Waals surface area contributed by atoms with Gasteiger partial charge in [0.1, 0.15) is 0 Å². The maximum Gasteiger partial charge on any atom is 0.0640 e. The van der Waals surface area contributed by atoms with E-state index in [-0.39, 0.29) is 0 Å². The Balaban J connectivity index is 2.34. The predicted molar refractivity (Wildman–Crippen MR) is 59.2 cm³/mol. The van der Waals surface area contributed by atoms with E-state index in [1.165, 1.54) is 5.56 Å². The summed E-state index contributed by atoms with van der Waals surface area (Å²) in [7, 11) is 1.74. The van der Waals surface area contributed by atoms with Gasteiger partial charge < -0.3 is 10.1 Å². The molecular formula is C11H14ClNO. The van der Waals surface area contributed by atoms with Crippen molar-refractivity contribution in [1.29, 1.82) is 0 Å². The Morgan fingerprint density at radius 3 is 3.21 bits per heavy atom. The van der Waals surface area contributed by atoms with E-state index in [2.05, 4.69) is 11.4 Å². The minimum Gasteiger partial charge on any atom is -0.384 e. The first-order valence-corrected chi connectivity index (χ1v) is 5.22. The minimum atomic E-state index is 0.481. The molecule has 2 rings (SSSR count). The second kappa shape index (κ2) is 4.20. The van der Waals surface area contributed by atoms with Crippen molar-refractivity contribution in [1.82, 2.24) is 0 Å². The first kappa shape index (κ1) is 9.81. The molecule has 0 spiro atoms. The van der Waals surface area contributed by atoms with E-state index in [1.54, 1.807) is 7.11 Å². The Labute approximate surface area is 89.2 Å². The molecule has 1 aliphatic heterocycles. The molecule has 76 valence electrons. The number of rotatable bonds is 2. The van der Waals surface area contributed by atoms with Gasteiger partial charge in [-0.05, 0) is 18.1 Å². The molecule has 14 heavy (non-hydrogen) atoms. The molecule has 3 heteroatoms. The summed E-state index contributed by atoms with van der Waals surface area (Å²) >= 11 is 6.10. The van der Waals surface area contributed by atoms with Crippen molar-refractivity contribution >= 4 is 17.3 Å². The third-order valence-electron chi connectivity index (χ3n) is 2.65. The van der Waals surface area contributed by atoms with Crippen molar-refractivity contribution in [2.75, 3.05) is 25.6 Å². The van der Waals surface area contributed by atoms with E-state index in [0.717, 1.165) is 30.3 Å². The van der Waals surface area contributed by atoms with Crippen molar-refractivity contribution in [3.05, 3.63) is 28.8 Å². The number of fused-ring (bicyclic) bond motifs is 1. The lowest BCUT2D eigenvalue weighted by atomic mass is 9.92. The average Bonchev–Trinajstić information content (AvgIpc) is 2.20. The molecule has 1 unspecified atom stereocenters. The summed E-state index contributed by atoms with van der Waals surface area (Å²) in [4.78, 5) is 0. The number of anilines is 1. The molecule has 0 amide bonds. The number of hydrogen-bond donors (Lipinski definition) is 1. The number of ether oxygens (including phenoxy) is 1. The molecule has 2 nitrogen and oxygen atoms in total. The fraction of sp³-hybridized carbons (Fsp3) is 0.455. The standard InChI is InChI=1S/C11H14ClNO/c1-14-7-8-5-6-13-11-9(8)3-2-4-10(11)12/h2-4,8,13H,5-7H2,1H3. The van der Waals surface area contributed by atoms with Gasteiger partial charge in [0.05, 0.1) is 17.3 Å². The molecule has 1 atom stereocenters. The Morgan fingerprint density at radius 1 is 1.57 bits per heavy atom. The van der Waals surface area contributed by atoms with Crippen LogP contribution in [0.15, 0.2) is 18.2 Å². The van der Waals surface area contributed by atoms with E-state index >= 15 is 0 Å². The lowest BCUT2D eigenvalue weighted by Gasteiger charge is -2.26. The summed E-state index contributed by atoms with van der Waals surface area (Å²) in [5, 5.41) is 4.14. The Morgan fingerprint density at radius 2 is 2.43 bits per heavy atom. The molecule has 0 saturated heterocycles. The van der Waals surface area contributed by atoms with E-state index in [1.807, 2.05) is 12.1 Å². The van der Waals surface area contributed by atoms with Crippen LogP contribution >= 0.6 is 11.6 Å². The fourth-order valence-electron chi connectivity index (χ4n) is 1.97. The second-order valence-corrected chi connectivity index (χ2v) is 3.98. The van der Waals surface area contributed by atoms with Crippen LogP contribution in [0.4, 0.5) is 5.69 Å². The first-order chi connectivity index (χ1) is 6.83. The SMILES string of the molecule is COCC1CCNc2c(Cl)cccc21. The molecule has 0 radical (unpaired) electrons. The molecule has 1 N–H and O–H groups in total. The van der Waals surface area contributed by atoms with Crippen molar-refractivity contribution in [2.45, 2.75) is 12.3 Å². The smallest absolute Gasteiger partial charge is 0.0640 e. The molecule has 0 bridgehead atoms. The van der Waals surface area contributed by atoms with Crippen molar-refractivity contribution in [2.24, 2.45) is 0 Å². The number of nitrogens with one attached hydrogen (secondary N) is 1. The van der Waals surface area contributed by atoms with E-state index < -0.39 is 0 Å². The first-order valence-electron chi connectivity index (χ1n) is 4.84. The maximum atomic E-state index is 6.10. The van der Waals surface area contributed by atoms with Crippen LogP contribution in [0.1, 0.15) is 17.9 Å². The quantitative estimate of drug-likeness (QED) is 0.812. The summed E-state index contributed by atoms with van der Waals surface area (Å²) in [6, 6.07) is 6.04. The predicted octanol–water partition coefficient (Wildman–Crippen LogP) is 2.89. The maximum absolute atomic E-state index is 6.10. The molecule has 0 fully saturated rings. The third kappa shape index (κ3) is 1.72. The second-order valence-electron chi connectivity index (χ2n) is 3.57. The number of halogens is 1. The highest BCUT2D eigenvalue weighted by Gasteiger charge is 2.20. The normalized spacial score (nSPS) is 20.0. The van der Waals surface area contributed by atoms with E-state index in [4.69, 9.17) is 16.3 Å². The van der Waals surface area contributed by atoms with Crippen LogP contribution in [0.3, 0.4) is 0 Å². The molecule has 1 heterocycles. The summed E-state index contributed by atoms with van der Waals surface area (Å²) in [5.41, 5.74) is 2.37. The zero-order chi connectivity index (χ0) is 9.97. The fourth-order valence-corrected chi connectivity index (χ4v) is 2.22. The van der Waals surface area contributed by atoms with Crippen LogP contribution in [0.25, 0.3) is 0 Å². The minimum absolute atomic E-state index is 0.481. The van der Waals surface area contributed by atoms with Gasteiger partial charge in [-0.2, -0.15) is 0 Å². The highest BCUT2D eigenvalue weighted by atomic mass is 35.5. The number of para-hydroxylation sites is 1. The molecule has 0 saturated carbocycles. The zero-order valence-electron chi connectivity index (χ0n) is 8.22. The lowest BCUT2D eigenvalue weighted by molar-refractivity contribution is 0.176. The largest absolute Gasteiger partial charge is 0.384 e. The molecule has 0 aromatic heterocycles. The van der Waals surface area contributed by atoms with E-state index in [9.17, 15) is 0 Å². The van der Waals surface area contributed by atoms with Gasteiger partial charge in [0, 0.05) is 19.6 Å². The van der Waals surface area contributed by atoms with Crippen molar-refractivity contribution in [3.8, 4) is 0 Å². The van der Waals surface area contributed by atoms with Crippen LogP contribution in [-0.4, -0.2) is 20.3 Å². The highest BCUT2D eigenvalue weighted by Crippen LogP contribution is 2.36. The summed E-state index contributed by atoms with van der Waals surface area (Å²) in [6.45, 7) is 1.75. The topological polar surface area (TPSA) is 21.3 Å². The van der Waals surface area contributed by atoms with Crippen LogP contribution in [0.2, 0.25) is 5.02 Å². The van der Waals surface area contributed by atoms with Gasteiger partial charge in [-0.1, -0.05) is 23.7 Å². The molecular weight excluding hydrogens is 198 g/mol. The Bertz CT molecular complexity index is 327. The van der Waals surface area contributed by atoms with E-state index in [0.29, 0.717) is 5.92 Å². The van der Waals surface area contributed by atoms with Crippen LogP contribution in [-0.2, 0) is 4.74 Å². The number of methoxy groups -OCH3 is 1. The van der Waals surface area contributed by atoms with Gasteiger partial charge in [0.2, 0.25) is 0 Å². The number of hydrogen-bond acceptors (Lipinski definition) is 2. The summed E-state index contributed by atoms with van der Waals surface area (Å²) in [5.74, 6) is 0.481. The van der Waals surface area contributed by atoms with Crippen LogP contribution < -0.4 is 5.32 Å². The monoisotopic (exact) mass is 211 g/mol. The molecule has 0 aliphatic carbocycles. The summed E-state index contributed by atoms with van der Waals surface area (Å²) < 4.78 is 5.21. The van der Waals surface area contributed by atoms with Gasteiger partial charge in [0.25, 0.3) is 0 Å². The summed E-state index contributed by atoms with van der Waals surface area (Å²) in [6.07, 6.45) is 1.11. The van der Waals surface area contributed by atoms with Crippen LogP contribution in [0, 0.1) is 0 Å². The average molecular weight is 212 g/mol. The van der Waals surface area contributed by atoms with Gasteiger partial charge in [-0.25, -0.2) is 0 Å².